The maximum atomic E-state index is 11.0. The molecule has 4 heteroatoms. The predicted molar refractivity (Wildman–Crippen MR) is 82.6 cm³/mol. The molecular formula is C17H25NO3. The van der Waals surface area contributed by atoms with Gasteiger partial charge in [0.2, 0.25) is 0 Å². The summed E-state index contributed by atoms with van der Waals surface area (Å²) in [4.78, 5) is 13.4. The normalized spacial score (nSPS) is 18.4. The largest absolute Gasteiger partial charge is 0.494 e. The third kappa shape index (κ3) is 4.21. The van der Waals surface area contributed by atoms with Crippen molar-refractivity contribution >= 4 is 5.97 Å². The molecule has 116 valence electrons. The number of ether oxygens (including phenoxy) is 1. The summed E-state index contributed by atoms with van der Waals surface area (Å²) in [5.74, 6) is 0.0929. The van der Waals surface area contributed by atoms with E-state index in [4.69, 9.17) is 9.84 Å². The van der Waals surface area contributed by atoms with Crippen molar-refractivity contribution in [1.82, 2.24) is 4.90 Å². The van der Waals surface area contributed by atoms with Crippen molar-refractivity contribution in [3.63, 3.8) is 0 Å². The number of aliphatic carboxylic acids is 1. The number of carboxylic acids is 1. The van der Waals surface area contributed by atoms with E-state index in [-0.39, 0.29) is 5.92 Å². The lowest BCUT2D eigenvalue weighted by Gasteiger charge is -2.35. The van der Waals surface area contributed by atoms with E-state index in [9.17, 15) is 4.79 Å². The summed E-state index contributed by atoms with van der Waals surface area (Å²) >= 11 is 0. The number of benzene rings is 1. The maximum Gasteiger partial charge on any atom is 0.306 e. The van der Waals surface area contributed by atoms with Crippen molar-refractivity contribution in [2.75, 3.05) is 19.7 Å². The van der Waals surface area contributed by atoms with E-state index >= 15 is 0 Å². The summed E-state index contributed by atoms with van der Waals surface area (Å²) in [6, 6.07) is 8.58. The summed E-state index contributed by atoms with van der Waals surface area (Å²) in [7, 11) is 0. The van der Waals surface area contributed by atoms with Gasteiger partial charge in [0.05, 0.1) is 12.5 Å². The molecule has 0 saturated carbocycles. The third-order valence-corrected chi connectivity index (χ3v) is 4.26. The first-order valence-corrected chi connectivity index (χ1v) is 7.81. The van der Waals surface area contributed by atoms with Crippen LogP contribution in [0.4, 0.5) is 0 Å². The molecule has 1 aliphatic rings. The van der Waals surface area contributed by atoms with Crippen molar-refractivity contribution in [1.29, 1.82) is 0 Å². The Kier molecular flexibility index (Phi) is 5.62. The van der Waals surface area contributed by atoms with Crippen LogP contribution in [0.15, 0.2) is 24.3 Å². The predicted octanol–water partition coefficient (Wildman–Crippen LogP) is 3.33. The summed E-state index contributed by atoms with van der Waals surface area (Å²) in [6.45, 7) is 6.73. The topological polar surface area (TPSA) is 49.8 Å². The van der Waals surface area contributed by atoms with E-state index in [2.05, 4.69) is 30.9 Å². The highest BCUT2D eigenvalue weighted by molar-refractivity contribution is 5.70. The number of hydrogen-bond acceptors (Lipinski definition) is 3. The Hall–Kier alpha value is -1.55. The number of nitrogens with zero attached hydrogens (tertiary/aromatic N) is 1. The number of likely N-dealkylation sites (tertiary alicyclic amines) is 1. The Labute approximate surface area is 126 Å². The summed E-state index contributed by atoms with van der Waals surface area (Å²) in [6.07, 6.45) is 2.51. The monoisotopic (exact) mass is 291 g/mol. The van der Waals surface area contributed by atoms with Crippen molar-refractivity contribution in [2.24, 2.45) is 5.92 Å². The molecule has 1 heterocycles. The standard InChI is InChI=1S/C17H25NO3/c1-3-12-21-16-6-4-14(5-7-16)13(2)18-10-8-15(9-11-18)17(19)20/h4-7,13,15H,3,8-12H2,1-2H3,(H,19,20). The summed E-state index contributed by atoms with van der Waals surface area (Å²) < 4.78 is 5.60. The van der Waals surface area contributed by atoms with Gasteiger partial charge in [-0.05, 0) is 57.0 Å². The fraction of sp³-hybridized carbons (Fsp3) is 0.588. The van der Waals surface area contributed by atoms with Gasteiger partial charge in [0, 0.05) is 6.04 Å². The van der Waals surface area contributed by atoms with Crippen LogP contribution in [0.1, 0.15) is 44.7 Å². The highest BCUT2D eigenvalue weighted by Gasteiger charge is 2.27. The minimum atomic E-state index is -0.653. The van der Waals surface area contributed by atoms with Crippen LogP contribution >= 0.6 is 0 Å². The minimum Gasteiger partial charge on any atom is -0.494 e. The van der Waals surface area contributed by atoms with Gasteiger partial charge in [0.25, 0.3) is 0 Å². The molecule has 1 aromatic rings. The number of carbonyl (C=O) groups is 1. The second kappa shape index (κ2) is 7.46. The molecule has 0 aliphatic carbocycles. The molecular weight excluding hydrogens is 266 g/mol. The molecule has 1 fully saturated rings. The van der Waals surface area contributed by atoms with Crippen molar-refractivity contribution in [3.8, 4) is 5.75 Å². The van der Waals surface area contributed by atoms with Crippen molar-refractivity contribution in [2.45, 2.75) is 39.2 Å². The zero-order chi connectivity index (χ0) is 15.2. The zero-order valence-electron chi connectivity index (χ0n) is 12.9. The fourth-order valence-corrected chi connectivity index (χ4v) is 2.81. The van der Waals surface area contributed by atoms with Crippen LogP contribution in [-0.4, -0.2) is 35.7 Å². The van der Waals surface area contributed by atoms with Crippen LogP contribution in [0, 0.1) is 5.92 Å². The first-order valence-electron chi connectivity index (χ1n) is 7.81. The zero-order valence-corrected chi connectivity index (χ0v) is 12.9. The minimum absolute atomic E-state index is 0.168. The molecule has 2 rings (SSSR count). The van der Waals surface area contributed by atoms with Crippen LogP contribution in [0.25, 0.3) is 0 Å². The SMILES string of the molecule is CCCOc1ccc(C(C)N2CCC(C(=O)O)CC2)cc1. The highest BCUT2D eigenvalue weighted by atomic mass is 16.5. The lowest BCUT2D eigenvalue weighted by molar-refractivity contribution is -0.143. The van der Waals surface area contributed by atoms with E-state index in [0.717, 1.165) is 44.7 Å². The van der Waals surface area contributed by atoms with Gasteiger partial charge in [0.1, 0.15) is 5.75 Å². The molecule has 1 N–H and O–H groups in total. The molecule has 1 aliphatic heterocycles. The molecule has 0 amide bonds. The van der Waals surface area contributed by atoms with Gasteiger partial charge < -0.3 is 9.84 Å². The average Bonchev–Trinajstić information content (AvgIpc) is 2.53. The molecule has 1 aromatic carbocycles. The third-order valence-electron chi connectivity index (χ3n) is 4.26. The number of hydrogen-bond donors (Lipinski definition) is 1. The second-order valence-electron chi connectivity index (χ2n) is 5.74. The fourth-order valence-electron chi connectivity index (χ4n) is 2.81. The van der Waals surface area contributed by atoms with E-state index in [1.807, 2.05) is 12.1 Å². The smallest absolute Gasteiger partial charge is 0.306 e. The van der Waals surface area contributed by atoms with Gasteiger partial charge >= 0.3 is 5.97 Å². The number of rotatable bonds is 6. The molecule has 0 spiro atoms. The Morgan fingerprint density at radius 2 is 1.95 bits per heavy atom. The van der Waals surface area contributed by atoms with E-state index < -0.39 is 5.97 Å². The summed E-state index contributed by atoms with van der Waals surface area (Å²) in [5, 5.41) is 9.05. The molecule has 1 atom stereocenters. The Morgan fingerprint density at radius 1 is 1.33 bits per heavy atom. The van der Waals surface area contributed by atoms with E-state index in [1.165, 1.54) is 5.56 Å². The quantitative estimate of drug-likeness (QED) is 0.873. The number of carboxylic acid groups (broad SMARTS) is 1. The van der Waals surface area contributed by atoms with Crippen LogP contribution in [0.2, 0.25) is 0 Å². The van der Waals surface area contributed by atoms with E-state index in [1.54, 1.807) is 0 Å². The second-order valence-corrected chi connectivity index (χ2v) is 5.74. The first-order chi connectivity index (χ1) is 10.1. The molecule has 0 aromatic heterocycles. The van der Waals surface area contributed by atoms with Gasteiger partial charge in [0.15, 0.2) is 0 Å². The van der Waals surface area contributed by atoms with Crippen LogP contribution < -0.4 is 4.74 Å². The average molecular weight is 291 g/mol. The molecule has 0 bridgehead atoms. The molecule has 1 saturated heterocycles. The first kappa shape index (κ1) is 15.8. The van der Waals surface area contributed by atoms with Crippen LogP contribution in [0.3, 0.4) is 0 Å². The van der Waals surface area contributed by atoms with Crippen LogP contribution in [0.5, 0.6) is 5.75 Å². The van der Waals surface area contributed by atoms with Crippen molar-refractivity contribution in [3.05, 3.63) is 29.8 Å². The van der Waals surface area contributed by atoms with Crippen molar-refractivity contribution < 1.29 is 14.6 Å². The highest BCUT2D eigenvalue weighted by Crippen LogP contribution is 2.27. The van der Waals surface area contributed by atoms with Gasteiger partial charge in [-0.3, -0.25) is 9.69 Å². The van der Waals surface area contributed by atoms with Gasteiger partial charge in [-0.25, -0.2) is 0 Å². The molecule has 4 nitrogen and oxygen atoms in total. The lowest BCUT2D eigenvalue weighted by Crippen LogP contribution is -2.37. The Balaban J connectivity index is 1.91. The Morgan fingerprint density at radius 3 is 2.48 bits per heavy atom. The summed E-state index contributed by atoms with van der Waals surface area (Å²) in [5.41, 5.74) is 1.26. The lowest BCUT2D eigenvalue weighted by atomic mass is 9.95. The van der Waals surface area contributed by atoms with Gasteiger partial charge in [-0.15, -0.1) is 0 Å². The molecule has 1 unspecified atom stereocenters. The van der Waals surface area contributed by atoms with Crippen LogP contribution in [-0.2, 0) is 4.79 Å². The molecule has 0 radical (unpaired) electrons. The maximum absolute atomic E-state index is 11.0. The van der Waals surface area contributed by atoms with Gasteiger partial charge in [-0.1, -0.05) is 19.1 Å². The number of piperidine rings is 1. The Bertz CT molecular complexity index is 450. The van der Waals surface area contributed by atoms with Gasteiger partial charge in [-0.2, -0.15) is 0 Å². The van der Waals surface area contributed by atoms with E-state index in [0.29, 0.717) is 6.04 Å². The molecule has 21 heavy (non-hydrogen) atoms.